The summed E-state index contributed by atoms with van der Waals surface area (Å²) in [5.74, 6) is 4.72. The smallest absolute Gasteiger partial charge is 0.194 e. The quantitative estimate of drug-likeness (QED) is 0.234. The summed E-state index contributed by atoms with van der Waals surface area (Å²) in [5, 5.41) is 12.0. The number of halogens is 1. The highest BCUT2D eigenvalue weighted by Gasteiger charge is 2.27. The monoisotopic (exact) mass is 537 g/mol. The molecule has 3 rings (SSSR count). The summed E-state index contributed by atoms with van der Waals surface area (Å²) in [5.41, 5.74) is 0. The van der Waals surface area contributed by atoms with Gasteiger partial charge in [-0.1, -0.05) is 0 Å². The van der Waals surface area contributed by atoms with E-state index in [-0.39, 0.29) is 24.0 Å². The molecule has 2 saturated heterocycles. The van der Waals surface area contributed by atoms with Gasteiger partial charge >= 0.3 is 0 Å². The normalized spacial score (nSPS) is 20.7. The number of aryl methyl sites for hydroxylation is 1. The zero-order valence-corrected chi connectivity index (χ0v) is 21.1. The summed E-state index contributed by atoms with van der Waals surface area (Å²) < 4.78 is 7.49. The van der Waals surface area contributed by atoms with E-state index in [0.717, 1.165) is 70.0 Å². The number of ether oxygens (including phenoxy) is 1. The van der Waals surface area contributed by atoms with Crippen molar-refractivity contribution in [1.29, 1.82) is 0 Å². The molecule has 0 aromatic carbocycles. The van der Waals surface area contributed by atoms with Crippen LogP contribution < -0.4 is 5.32 Å². The number of thioether (sulfide) groups is 1. The standard InChI is InChI=1S/C19H35N7OS.HI/c1-16-22-23-18(24(16)2)13-21-19(20-6-4-12-28-3)26-7-5-17(15-26)14-25-8-10-27-11-9-25;/h17H,4-15H2,1-3H3,(H,20,21);1H. The number of likely N-dealkylation sites (tertiary alicyclic amines) is 1. The number of nitrogens with zero attached hydrogens (tertiary/aromatic N) is 6. The lowest BCUT2D eigenvalue weighted by Crippen LogP contribution is -2.42. The molecule has 0 bridgehead atoms. The largest absolute Gasteiger partial charge is 0.379 e. The van der Waals surface area contributed by atoms with Crippen LogP contribution in [0.25, 0.3) is 0 Å². The van der Waals surface area contributed by atoms with Gasteiger partial charge in [0.05, 0.1) is 13.2 Å². The van der Waals surface area contributed by atoms with Crippen molar-refractivity contribution in [3.63, 3.8) is 0 Å². The van der Waals surface area contributed by atoms with E-state index in [4.69, 9.17) is 9.73 Å². The maximum Gasteiger partial charge on any atom is 0.194 e. The van der Waals surface area contributed by atoms with Gasteiger partial charge in [0.25, 0.3) is 0 Å². The van der Waals surface area contributed by atoms with Gasteiger partial charge in [-0.3, -0.25) is 4.90 Å². The topological polar surface area (TPSA) is 70.8 Å². The zero-order valence-electron chi connectivity index (χ0n) is 18.0. The lowest BCUT2D eigenvalue weighted by Gasteiger charge is -2.29. The van der Waals surface area contributed by atoms with Crippen molar-refractivity contribution in [2.24, 2.45) is 18.0 Å². The first kappa shape index (κ1) is 24.7. The fraction of sp³-hybridized carbons (Fsp3) is 0.842. The predicted molar refractivity (Wildman–Crippen MR) is 130 cm³/mol. The molecule has 10 heteroatoms. The molecule has 2 aliphatic heterocycles. The highest BCUT2D eigenvalue weighted by molar-refractivity contribution is 14.0. The summed E-state index contributed by atoms with van der Waals surface area (Å²) in [6, 6.07) is 0. The van der Waals surface area contributed by atoms with E-state index < -0.39 is 0 Å². The molecular formula is C19H36IN7OS. The van der Waals surface area contributed by atoms with Crippen LogP contribution in [0.15, 0.2) is 4.99 Å². The van der Waals surface area contributed by atoms with Crippen molar-refractivity contribution < 1.29 is 4.74 Å². The predicted octanol–water partition coefficient (Wildman–Crippen LogP) is 1.59. The van der Waals surface area contributed by atoms with Crippen molar-refractivity contribution >= 4 is 41.7 Å². The Morgan fingerprint density at radius 3 is 2.76 bits per heavy atom. The van der Waals surface area contributed by atoms with E-state index in [0.29, 0.717) is 12.5 Å². The lowest BCUT2D eigenvalue weighted by atomic mass is 10.1. The number of nitrogens with one attached hydrogen (secondary N) is 1. The Bertz CT molecular complexity index is 636. The van der Waals surface area contributed by atoms with Gasteiger partial charge in [0.2, 0.25) is 0 Å². The molecule has 0 amide bonds. The summed E-state index contributed by atoms with van der Waals surface area (Å²) in [6.07, 6.45) is 4.53. The number of aliphatic imine (C=N–C) groups is 1. The van der Waals surface area contributed by atoms with Crippen molar-refractivity contribution in [3.8, 4) is 0 Å². The van der Waals surface area contributed by atoms with Crippen LogP contribution in [0, 0.1) is 12.8 Å². The molecule has 1 N–H and O–H groups in total. The Morgan fingerprint density at radius 1 is 1.28 bits per heavy atom. The first-order valence-electron chi connectivity index (χ1n) is 10.3. The first-order chi connectivity index (χ1) is 13.7. The Kier molecular flexibility index (Phi) is 11.0. The van der Waals surface area contributed by atoms with E-state index in [1.165, 1.54) is 18.7 Å². The van der Waals surface area contributed by atoms with Crippen molar-refractivity contribution in [2.75, 3.05) is 64.5 Å². The van der Waals surface area contributed by atoms with E-state index in [1.54, 1.807) is 0 Å². The van der Waals surface area contributed by atoms with Crippen molar-refractivity contribution in [2.45, 2.75) is 26.3 Å². The molecule has 2 fully saturated rings. The van der Waals surface area contributed by atoms with Gasteiger partial charge in [0, 0.05) is 46.3 Å². The molecule has 1 unspecified atom stereocenters. The fourth-order valence-corrected chi connectivity index (χ4v) is 4.17. The molecule has 0 saturated carbocycles. The Hall–Kier alpha value is -0.590. The van der Waals surface area contributed by atoms with Gasteiger partial charge in [-0.15, -0.1) is 34.2 Å². The molecule has 1 aromatic heterocycles. The zero-order chi connectivity index (χ0) is 19.8. The van der Waals surface area contributed by atoms with E-state index in [1.807, 2.05) is 30.3 Å². The molecular weight excluding hydrogens is 501 g/mol. The average Bonchev–Trinajstić information content (AvgIpc) is 3.30. The molecule has 166 valence electrons. The molecule has 1 aromatic rings. The SMILES string of the molecule is CSCCCNC(=NCc1nnc(C)n1C)N1CCC(CN2CCOCC2)C1.I. The maximum atomic E-state index is 5.48. The van der Waals surface area contributed by atoms with Crippen LogP contribution in [0.2, 0.25) is 0 Å². The number of rotatable bonds is 8. The molecule has 29 heavy (non-hydrogen) atoms. The minimum absolute atomic E-state index is 0. The van der Waals surface area contributed by atoms with Crippen LogP contribution in [-0.4, -0.2) is 95.0 Å². The minimum atomic E-state index is 0. The van der Waals surface area contributed by atoms with E-state index in [9.17, 15) is 0 Å². The van der Waals surface area contributed by atoms with Crippen molar-refractivity contribution in [1.82, 2.24) is 29.9 Å². The molecule has 0 spiro atoms. The van der Waals surface area contributed by atoms with Crippen LogP contribution >= 0.6 is 35.7 Å². The first-order valence-corrected chi connectivity index (χ1v) is 11.7. The fourth-order valence-electron chi connectivity index (χ4n) is 3.74. The number of guanidine groups is 1. The van der Waals surface area contributed by atoms with Gasteiger partial charge in [0.1, 0.15) is 12.4 Å². The molecule has 8 nitrogen and oxygen atoms in total. The van der Waals surface area contributed by atoms with Crippen LogP contribution in [0.5, 0.6) is 0 Å². The van der Waals surface area contributed by atoms with Crippen LogP contribution in [0.1, 0.15) is 24.5 Å². The minimum Gasteiger partial charge on any atom is -0.379 e. The highest BCUT2D eigenvalue weighted by atomic mass is 127. The van der Waals surface area contributed by atoms with Gasteiger partial charge < -0.3 is 19.5 Å². The summed E-state index contributed by atoms with van der Waals surface area (Å²) in [6.45, 7) is 10.7. The summed E-state index contributed by atoms with van der Waals surface area (Å²) >= 11 is 1.89. The maximum absolute atomic E-state index is 5.48. The van der Waals surface area contributed by atoms with Gasteiger partial charge in [0.15, 0.2) is 11.8 Å². The third-order valence-electron chi connectivity index (χ3n) is 5.57. The lowest BCUT2D eigenvalue weighted by molar-refractivity contribution is 0.0315. The molecule has 2 aliphatic rings. The van der Waals surface area contributed by atoms with Crippen molar-refractivity contribution in [3.05, 3.63) is 11.6 Å². The van der Waals surface area contributed by atoms with Crippen LogP contribution in [-0.2, 0) is 18.3 Å². The second-order valence-corrected chi connectivity index (χ2v) is 8.63. The summed E-state index contributed by atoms with van der Waals surface area (Å²) in [7, 11) is 2.00. The van der Waals surface area contributed by atoms with Gasteiger partial charge in [-0.25, -0.2) is 4.99 Å². The van der Waals surface area contributed by atoms with Crippen LogP contribution in [0.4, 0.5) is 0 Å². The highest BCUT2D eigenvalue weighted by Crippen LogP contribution is 2.18. The molecule has 0 aliphatic carbocycles. The second-order valence-electron chi connectivity index (χ2n) is 7.65. The van der Waals surface area contributed by atoms with Crippen LogP contribution in [0.3, 0.4) is 0 Å². The van der Waals surface area contributed by atoms with E-state index in [2.05, 4.69) is 31.6 Å². The number of hydrogen-bond donors (Lipinski definition) is 1. The Labute approximate surface area is 196 Å². The number of aromatic nitrogens is 3. The summed E-state index contributed by atoms with van der Waals surface area (Å²) in [4.78, 5) is 9.87. The van der Waals surface area contributed by atoms with Gasteiger partial charge in [-0.05, 0) is 37.7 Å². The third-order valence-corrected chi connectivity index (χ3v) is 6.26. The molecule has 3 heterocycles. The molecule has 0 radical (unpaired) electrons. The van der Waals surface area contributed by atoms with Gasteiger partial charge in [-0.2, -0.15) is 11.8 Å². The Balaban J connectivity index is 0.00000300. The second kappa shape index (κ2) is 13.0. The third kappa shape index (κ3) is 7.55. The average molecular weight is 538 g/mol. The molecule has 1 atom stereocenters. The number of morpholine rings is 1. The Morgan fingerprint density at radius 2 is 2.07 bits per heavy atom. The number of hydrogen-bond acceptors (Lipinski definition) is 6. The van der Waals surface area contributed by atoms with E-state index >= 15 is 0 Å².